The Labute approximate surface area is 165 Å². The van der Waals surface area contributed by atoms with E-state index in [0.29, 0.717) is 45.3 Å². The van der Waals surface area contributed by atoms with Crippen molar-refractivity contribution in [2.45, 2.75) is 24.3 Å². The Kier molecular flexibility index (Phi) is 5.08. The SMILES string of the molecule is Cc1nc(SCc2nc3ccccc3c(=O)[nH]2)[nH]c(=O)c1Cc1ccccc1. The molecular formula is C21H18N4O2S. The summed E-state index contributed by atoms with van der Waals surface area (Å²) in [5.41, 5.74) is 2.77. The van der Waals surface area contributed by atoms with Crippen LogP contribution in [0.2, 0.25) is 0 Å². The summed E-state index contributed by atoms with van der Waals surface area (Å²) in [5, 5.41) is 1.07. The summed E-state index contributed by atoms with van der Waals surface area (Å²) in [6.45, 7) is 1.84. The zero-order valence-corrected chi connectivity index (χ0v) is 16.0. The maximum Gasteiger partial charge on any atom is 0.258 e. The Hall–Kier alpha value is -3.19. The highest BCUT2D eigenvalue weighted by Gasteiger charge is 2.11. The molecule has 0 fully saturated rings. The molecular weight excluding hydrogens is 372 g/mol. The monoisotopic (exact) mass is 390 g/mol. The number of para-hydroxylation sites is 1. The Morgan fingerprint density at radius 1 is 0.893 bits per heavy atom. The Balaban J connectivity index is 1.54. The van der Waals surface area contributed by atoms with Gasteiger partial charge in [0.2, 0.25) is 0 Å². The highest BCUT2D eigenvalue weighted by molar-refractivity contribution is 7.98. The predicted molar refractivity (Wildman–Crippen MR) is 111 cm³/mol. The standard InChI is InChI=1S/C21H18N4O2S/c1-13-16(11-14-7-3-2-4-8-14)20(27)25-21(22-13)28-12-18-23-17-10-6-5-9-15(17)19(26)24-18/h2-10H,11-12H2,1H3,(H,22,25,27)(H,23,24,26). The number of aryl methyl sites for hydroxylation is 1. The van der Waals surface area contributed by atoms with Crippen molar-refractivity contribution in [1.29, 1.82) is 0 Å². The summed E-state index contributed by atoms with van der Waals surface area (Å²) >= 11 is 1.33. The molecule has 4 aromatic rings. The van der Waals surface area contributed by atoms with Crippen molar-refractivity contribution < 1.29 is 0 Å². The van der Waals surface area contributed by atoms with E-state index in [0.717, 1.165) is 5.56 Å². The van der Waals surface area contributed by atoms with Crippen LogP contribution in [0.1, 0.15) is 22.6 Å². The van der Waals surface area contributed by atoms with E-state index in [-0.39, 0.29) is 11.1 Å². The maximum atomic E-state index is 12.5. The van der Waals surface area contributed by atoms with Gasteiger partial charge in [-0.15, -0.1) is 0 Å². The van der Waals surface area contributed by atoms with Crippen LogP contribution in [0.4, 0.5) is 0 Å². The molecule has 0 spiro atoms. The largest absolute Gasteiger partial charge is 0.309 e. The number of H-pyrrole nitrogens is 2. The molecule has 0 radical (unpaired) electrons. The molecule has 0 aliphatic rings. The molecule has 2 N–H and O–H groups in total. The molecule has 0 aliphatic heterocycles. The number of rotatable bonds is 5. The summed E-state index contributed by atoms with van der Waals surface area (Å²) < 4.78 is 0. The maximum absolute atomic E-state index is 12.5. The number of hydrogen-bond donors (Lipinski definition) is 2. The molecule has 0 saturated carbocycles. The molecule has 2 aromatic heterocycles. The molecule has 0 unspecified atom stereocenters. The quantitative estimate of drug-likeness (QED) is 0.403. The predicted octanol–water partition coefficient (Wildman–Crippen LogP) is 3.20. The molecule has 0 saturated heterocycles. The van der Waals surface area contributed by atoms with E-state index in [1.165, 1.54) is 11.8 Å². The number of aromatic nitrogens is 4. The summed E-state index contributed by atoms with van der Waals surface area (Å²) in [5.74, 6) is 0.947. The van der Waals surface area contributed by atoms with E-state index in [1.54, 1.807) is 12.1 Å². The smallest absolute Gasteiger partial charge is 0.258 e. The average Bonchev–Trinajstić information content (AvgIpc) is 2.70. The summed E-state index contributed by atoms with van der Waals surface area (Å²) in [7, 11) is 0. The van der Waals surface area contributed by atoms with Gasteiger partial charge in [0.05, 0.1) is 16.7 Å². The first kappa shape index (κ1) is 18.2. The van der Waals surface area contributed by atoms with Gasteiger partial charge < -0.3 is 9.97 Å². The van der Waals surface area contributed by atoms with Crippen molar-refractivity contribution in [3.8, 4) is 0 Å². The van der Waals surface area contributed by atoms with Gasteiger partial charge in [-0.25, -0.2) is 9.97 Å². The summed E-state index contributed by atoms with van der Waals surface area (Å²) in [6, 6.07) is 17.0. The van der Waals surface area contributed by atoms with E-state index in [1.807, 2.05) is 49.4 Å². The molecule has 7 heteroatoms. The molecule has 2 heterocycles. The van der Waals surface area contributed by atoms with Crippen LogP contribution in [-0.4, -0.2) is 19.9 Å². The lowest BCUT2D eigenvalue weighted by Gasteiger charge is -2.07. The molecule has 6 nitrogen and oxygen atoms in total. The van der Waals surface area contributed by atoms with Crippen molar-refractivity contribution in [1.82, 2.24) is 19.9 Å². The van der Waals surface area contributed by atoms with Crippen LogP contribution in [0.5, 0.6) is 0 Å². The normalized spacial score (nSPS) is 11.0. The third-order valence-corrected chi connectivity index (χ3v) is 5.32. The minimum Gasteiger partial charge on any atom is -0.309 e. The van der Waals surface area contributed by atoms with Crippen molar-refractivity contribution in [2.75, 3.05) is 0 Å². The van der Waals surface area contributed by atoms with Crippen LogP contribution in [0.15, 0.2) is 69.3 Å². The van der Waals surface area contributed by atoms with E-state index in [4.69, 9.17) is 0 Å². The third-order valence-electron chi connectivity index (χ3n) is 4.43. The zero-order valence-electron chi connectivity index (χ0n) is 15.2. The highest BCUT2D eigenvalue weighted by atomic mass is 32.2. The molecule has 2 aromatic carbocycles. The number of thioether (sulfide) groups is 1. The van der Waals surface area contributed by atoms with Crippen LogP contribution in [-0.2, 0) is 12.2 Å². The Morgan fingerprint density at radius 2 is 1.64 bits per heavy atom. The third kappa shape index (κ3) is 3.89. The summed E-state index contributed by atoms with van der Waals surface area (Å²) in [6.07, 6.45) is 0.541. The van der Waals surface area contributed by atoms with Crippen LogP contribution in [0.25, 0.3) is 10.9 Å². The van der Waals surface area contributed by atoms with Crippen LogP contribution < -0.4 is 11.1 Å². The van der Waals surface area contributed by atoms with Gasteiger partial charge in [0.1, 0.15) is 5.82 Å². The minimum atomic E-state index is -0.169. The fourth-order valence-corrected chi connectivity index (χ4v) is 3.78. The van der Waals surface area contributed by atoms with Gasteiger partial charge in [0.25, 0.3) is 11.1 Å². The Bertz CT molecular complexity index is 1250. The van der Waals surface area contributed by atoms with Crippen LogP contribution in [0, 0.1) is 6.92 Å². The second-order valence-corrected chi connectivity index (χ2v) is 7.38. The molecule has 0 amide bonds. The van der Waals surface area contributed by atoms with Crippen molar-refractivity contribution in [3.05, 3.63) is 98.0 Å². The highest BCUT2D eigenvalue weighted by Crippen LogP contribution is 2.18. The zero-order chi connectivity index (χ0) is 19.5. The van der Waals surface area contributed by atoms with Gasteiger partial charge in [0, 0.05) is 17.7 Å². The van der Waals surface area contributed by atoms with Crippen molar-refractivity contribution >= 4 is 22.7 Å². The lowest BCUT2D eigenvalue weighted by Crippen LogP contribution is -2.18. The summed E-state index contributed by atoms with van der Waals surface area (Å²) in [4.78, 5) is 39.3. The van der Waals surface area contributed by atoms with Crippen LogP contribution >= 0.6 is 11.8 Å². The van der Waals surface area contributed by atoms with Crippen LogP contribution in [0.3, 0.4) is 0 Å². The van der Waals surface area contributed by atoms with Gasteiger partial charge in [0.15, 0.2) is 5.16 Å². The fraction of sp³-hybridized carbons (Fsp3) is 0.143. The number of aromatic amines is 2. The van der Waals surface area contributed by atoms with Gasteiger partial charge in [-0.3, -0.25) is 9.59 Å². The fourth-order valence-electron chi connectivity index (χ4n) is 3.00. The van der Waals surface area contributed by atoms with Crippen molar-refractivity contribution in [3.63, 3.8) is 0 Å². The molecule has 4 rings (SSSR count). The number of benzene rings is 2. The molecule has 140 valence electrons. The molecule has 0 bridgehead atoms. The second kappa shape index (κ2) is 7.82. The topological polar surface area (TPSA) is 91.5 Å². The van der Waals surface area contributed by atoms with Gasteiger partial charge in [-0.1, -0.05) is 54.2 Å². The minimum absolute atomic E-state index is 0.140. The lowest BCUT2D eigenvalue weighted by atomic mass is 10.1. The van der Waals surface area contributed by atoms with Crippen molar-refractivity contribution in [2.24, 2.45) is 0 Å². The first-order chi connectivity index (χ1) is 13.6. The van der Waals surface area contributed by atoms with E-state index < -0.39 is 0 Å². The first-order valence-electron chi connectivity index (χ1n) is 8.84. The number of fused-ring (bicyclic) bond motifs is 1. The number of nitrogens with one attached hydrogen (secondary N) is 2. The van der Waals surface area contributed by atoms with E-state index >= 15 is 0 Å². The molecule has 0 atom stereocenters. The number of nitrogens with zero attached hydrogens (tertiary/aromatic N) is 2. The second-order valence-electron chi connectivity index (χ2n) is 6.42. The Morgan fingerprint density at radius 3 is 2.43 bits per heavy atom. The lowest BCUT2D eigenvalue weighted by molar-refractivity contribution is 0.864. The number of hydrogen-bond acceptors (Lipinski definition) is 5. The first-order valence-corrected chi connectivity index (χ1v) is 9.83. The van der Waals surface area contributed by atoms with Gasteiger partial charge in [-0.2, -0.15) is 0 Å². The average molecular weight is 390 g/mol. The van der Waals surface area contributed by atoms with Gasteiger partial charge in [-0.05, 0) is 24.6 Å². The van der Waals surface area contributed by atoms with Gasteiger partial charge >= 0.3 is 0 Å². The molecule has 0 aliphatic carbocycles. The molecule has 28 heavy (non-hydrogen) atoms. The van der Waals surface area contributed by atoms with E-state index in [2.05, 4.69) is 19.9 Å². The van der Waals surface area contributed by atoms with E-state index in [9.17, 15) is 9.59 Å².